The van der Waals surface area contributed by atoms with Gasteiger partial charge in [0.15, 0.2) is 0 Å². The van der Waals surface area contributed by atoms with E-state index < -0.39 is 11.9 Å². The van der Waals surface area contributed by atoms with Crippen LogP contribution >= 0.6 is 0 Å². The molecule has 0 aromatic heterocycles. The van der Waals surface area contributed by atoms with Gasteiger partial charge in [-0.25, -0.2) is 0 Å². The van der Waals surface area contributed by atoms with Gasteiger partial charge < -0.3 is 10.4 Å². The molecule has 0 aromatic rings. The molecule has 0 spiro atoms. The van der Waals surface area contributed by atoms with Crippen molar-refractivity contribution in [3.05, 3.63) is 0 Å². The van der Waals surface area contributed by atoms with Crippen LogP contribution in [0.25, 0.3) is 0 Å². The van der Waals surface area contributed by atoms with Gasteiger partial charge in [-0.05, 0) is 18.8 Å². The number of rotatable bonds is 7. The van der Waals surface area contributed by atoms with Gasteiger partial charge in [0, 0.05) is 13.0 Å². The fraction of sp³-hybridized carbons (Fsp3) is 0.818. The van der Waals surface area contributed by atoms with Gasteiger partial charge in [-0.15, -0.1) is 0 Å². The predicted molar refractivity (Wildman–Crippen MR) is 58.5 cm³/mol. The Bertz CT molecular complexity index is 214. The first-order valence-corrected chi connectivity index (χ1v) is 5.46. The van der Waals surface area contributed by atoms with E-state index in [-0.39, 0.29) is 12.5 Å². The second-order valence-electron chi connectivity index (χ2n) is 4.22. The Morgan fingerprint density at radius 3 is 2.33 bits per heavy atom. The molecule has 0 fully saturated rings. The highest BCUT2D eigenvalue weighted by molar-refractivity contribution is 5.77. The molecule has 2 N–H and O–H groups in total. The van der Waals surface area contributed by atoms with Crippen LogP contribution in [0.5, 0.6) is 0 Å². The van der Waals surface area contributed by atoms with Crippen molar-refractivity contribution in [3.63, 3.8) is 0 Å². The summed E-state index contributed by atoms with van der Waals surface area (Å²) in [5.41, 5.74) is 0. The molecule has 0 saturated heterocycles. The van der Waals surface area contributed by atoms with E-state index in [1.165, 1.54) is 0 Å². The van der Waals surface area contributed by atoms with Crippen LogP contribution in [0.15, 0.2) is 0 Å². The van der Waals surface area contributed by atoms with Crippen LogP contribution in [0.2, 0.25) is 0 Å². The zero-order chi connectivity index (χ0) is 11.8. The molecular formula is C11H21NO3. The number of nitrogens with one attached hydrogen (secondary N) is 1. The monoisotopic (exact) mass is 215 g/mol. The molecule has 1 amide bonds. The summed E-state index contributed by atoms with van der Waals surface area (Å²) in [7, 11) is 0. The summed E-state index contributed by atoms with van der Waals surface area (Å²) >= 11 is 0. The molecule has 15 heavy (non-hydrogen) atoms. The first-order valence-electron chi connectivity index (χ1n) is 5.46. The Balaban J connectivity index is 3.96. The zero-order valence-corrected chi connectivity index (χ0v) is 9.75. The Morgan fingerprint density at radius 1 is 1.33 bits per heavy atom. The molecule has 0 aliphatic rings. The molecule has 0 aliphatic heterocycles. The van der Waals surface area contributed by atoms with Crippen LogP contribution in [0.4, 0.5) is 0 Å². The van der Waals surface area contributed by atoms with Gasteiger partial charge in [0.1, 0.15) is 0 Å². The molecule has 88 valence electrons. The molecule has 0 aliphatic carbocycles. The van der Waals surface area contributed by atoms with E-state index in [1.54, 1.807) is 0 Å². The van der Waals surface area contributed by atoms with E-state index in [0.29, 0.717) is 18.8 Å². The van der Waals surface area contributed by atoms with Crippen molar-refractivity contribution >= 4 is 11.9 Å². The lowest BCUT2D eigenvalue weighted by molar-refractivity contribution is -0.142. The van der Waals surface area contributed by atoms with Crippen molar-refractivity contribution < 1.29 is 14.7 Å². The number of carbonyl (C=O) groups is 2. The van der Waals surface area contributed by atoms with Gasteiger partial charge in [-0.3, -0.25) is 9.59 Å². The average molecular weight is 215 g/mol. The van der Waals surface area contributed by atoms with E-state index >= 15 is 0 Å². The molecule has 0 radical (unpaired) electrons. The van der Waals surface area contributed by atoms with Crippen molar-refractivity contribution in [1.82, 2.24) is 5.32 Å². The molecule has 0 rings (SSSR count). The smallest absolute Gasteiger partial charge is 0.308 e. The summed E-state index contributed by atoms with van der Waals surface area (Å²) in [4.78, 5) is 22.0. The standard InChI is InChI=1S/C11H21NO3/c1-4-5-10(13)12-7-9(11(14)15)6-8(2)3/h8-9H,4-7H2,1-3H3,(H,12,13)(H,14,15). The minimum atomic E-state index is -0.833. The summed E-state index contributed by atoms with van der Waals surface area (Å²) in [6, 6.07) is 0. The van der Waals surface area contributed by atoms with Crippen molar-refractivity contribution in [1.29, 1.82) is 0 Å². The number of carboxylic acids is 1. The molecular weight excluding hydrogens is 194 g/mol. The number of aliphatic carboxylic acids is 1. The van der Waals surface area contributed by atoms with Gasteiger partial charge in [-0.1, -0.05) is 20.8 Å². The molecule has 0 bridgehead atoms. The van der Waals surface area contributed by atoms with Crippen LogP contribution in [0.3, 0.4) is 0 Å². The van der Waals surface area contributed by atoms with Gasteiger partial charge in [0.2, 0.25) is 5.91 Å². The maximum absolute atomic E-state index is 11.2. The molecule has 0 heterocycles. The van der Waals surface area contributed by atoms with Crippen LogP contribution in [0.1, 0.15) is 40.0 Å². The fourth-order valence-electron chi connectivity index (χ4n) is 1.39. The third-order valence-electron chi connectivity index (χ3n) is 2.13. The van der Waals surface area contributed by atoms with Crippen LogP contribution < -0.4 is 5.32 Å². The molecule has 0 saturated carbocycles. The fourth-order valence-corrected chi connectivity index (χ4v) is 1.39. The van der Waals surface area contributed by atoms with Gasteiger partial charge in [0.25, 0.3) is 0 Å². The summed E-state index contributed by atoms with van der Waals surface area (Å²) < 4.78 is 0. The predicted octanol–water partition coefficient (Wildman–Crippen LogP) is 1.65. The SMILES string of the molecule is CCCC(=O)NCC(CC(C)C)C(=O)O. The van der Waals surface area contributed by atoms with E-state index in [0.717, 1.165) is 6.42 Å². The highest BCUT2D eigenvalue weighted by atomic mass is 16.4. The number of hydrogen-bond donors (Lipinski definition) is 2. The number of hydrogen-bond acceptors (Lipinski definition) is 2. The van der Waals surface area contributed by atoms with E-state index in [1.807, 2.05) is 20.8 Å². The maximum atomic E-state index is 11.2. The Hall–Kier alpha value is -1.06. The maximum Gasteiger partial charge on any atom is 0.308 e. The molecule has 1 unspecified atom stereocenters. The zero-order valence-electron chi connectivity index (χ0n) is 9.75. The quantitative estimate of drug-likeness (QED) is 0.678. The summed E-state index contributed by atoms with van der Waals surface area (Å²) in [5.74, 6) is -1.03. The lowest BCUT2D eigenvalue weighted by atomic mass is 9.97. The van der Waals surface area contributed by atoms with Gasteiger partial charge in [0.05, 0.1) is 5.92 Å². The Labute approximate surface area is 91.1 Å². The third kappa shape index (κ3) is 6.94. The number of carbonyl (C=O) groups excluding carboxylic acids is 1. The highest BCUT2D eigenvalue weighted by Gasteiger charge is 2.19. The minimum absolute atomic E-state index is 0.0625. The van der Waals surface area contributed by atoms with Crippen molar-refractivity contribution in [3.8, 4) is 0 Å². The van der Waals surface area contributed by atoms with Gasteiger partial charge in [-0.2, -0.15) is 0 Å². The second-order valence-corrected chi connectivity index (χ2v) is 4.22. The lowest BCUT2D eigenvalue weighted by Gasteiger charge is -2.15. The van der Waals surface area contributed by atoms with Crippen molar-refractivity contribution in [2.45, 2.75) is 40.0 Å². The number of amides is 1. The van der Waals surface area contributed by atoms with Gasteiger partial charge >= 0.3 is 5.97 Å². The summed E-state index contributed by atoms with van der Waals surface area (Å²) in [6.07, 6.45) is 1.85. The van der Waals surface area contributed by atoms with E-state index in [4.69, 9.17) is 5.11 Å². The molecule has 0 aromatic carbocycles. The second kappa shape index (κ2) is 7.26. The normalized spacial score (nSPS) is 12.5. The minimum Gasteiger partial charge on any atom is -0.481 e. The van der Waals surface area contributed by atoms with Crippen LogP contribution in [-0.4, -0.2) is 23.5 Å². The van der Waals surface area contributed by atoms with E-state index in [2.05, 4.69) is 5.32 Å². The third-order valence-corrected chi connectivity index (χ3v) is 2.13. The van der Waals surface area contributed by atoms with Crippen molar-refractivity contribution in [2.24, 2.45) is 11.8 Å². The molecule has 4 nitrogen and oxygen atoms in total. The first kappa shape index (κ1) is 13.9. The molecule has 4 heteroatoms. The number of carboxylic acid groups (broad SMARTS) is 1. The van der Waals surface area contributed by atoms with Crippen LogP contribution in [0, 0.1) is 11.8 Å². The first-order chi connectivity index (χ1) is 6.97. The van der Waals surface area contributed by atoms with E-state index in [9.17, 15) is 9.59 Å². The van der Waals surface area contributed by atoms with Crippen molar-refractivity contribution in [2.75, 3.05) is 6.54 Å². The lowest BCUT2D eigenvalue weighted by Crippen LogP contribution is -2.33. The van der Waals surface area contributed by atoms with Crippen LogP contribution in [-0.2, 0) is 9.59 Å². The summed E-state index contributed by atoms with van der Waals surface area (Å²) in [5, 5.41) is 11.6. The topological polar surface area (TPSA) is 66.4 Å². The largest absolute Gasteiger partial charge is 0.481 e. The Morgan fingerprint density at radius 2 is 1.93 bits per heavy atom. The molecule has 1 atom stereocenters. The Kier molecular flexibility index (Phi) is 6.75. The summed E-state index contributed by atoms with van der Waals surface area (Å²) in [6.45, 7) is 6.11. The average Bonchev–Trinajstić information content (AvgIpc) is 2.11. The highest BCUT2D eigenvalue weighted by Crippen LogP contribution is 2.11.